The SMILES string of the molecule is CC(C)(C)[Si](C)(C)OC1=NCSC1. The Morgan fingerprint density at radius 3 is 2.38 bits per heavy atom. The van der Waals surface area contributed by atoms with Crippen molar-refractivity contribution in [3.05, 3.63) is 0 Å². The second-order valence-electron chi connectivity index (χ2n) is 4.89. The van der Waals surface area contributed by atoms with E-state index in [1.807, 2.05) is 11.8 Å². The van der Waals surface area contributed by atoms with Gasteiger partial charge in [-0.2, -0.15) is 0 Å². The fraction of sp³-hybridized carbons (Fsp3) is 0.889. The lowest BCUT2D eigenvalue weighted by Gasteiger charge is -2.36. The van der Waals surface area contributed by atoms with Crippen molar-refractivity contribution in [2.45, 2.75) is 38.9 Å². The summed E-state index contributed by atoms with van der Waals surface area (Å²) in [5.74, 6) is 2.81. The van der Waals surface area contributed by atoms with Gasteiger partial charge in [-0.1, -0.05) is 20.8 Å². The van der Waals surface area contributed by atoms with E-state index in [0.717, 1.165) is 17.5 Å². The summed E-state index contributed by atoms with van der Waals surface area (Å²) in [6.07, 6.45) is 0. The predicted molar refractivity (Wildman–Crippen MR) is 63.0 cm³/mol. The molecule has 2 nitrogen and oxygen atoms in total. The van der Waals surface area contributed by atoms with E-state index in [1.54, 1.807) is 0 Å². The summed E-state index contributed by atoms with van der Waals surface area (Å²) in [6, 6.07) is 0. The predicted octanol–water partition coefficient (Wildman–Crippen LogP) is 3.11. The van der Waals surface area contributed by atoms with Crippen LogP contribution in [0.15, 0.2) is 4.99 Å². The highest BCUT2D eigenvalue weighted by atomic mass is 32.2. The Bertz CT molecular complexity index is 220. The van der Waals surface area contributed by atoms with Crippen LogP contribution in [-0.4, -0.2) is 25.8 Å². The van der Waals surface area contributed by atoms with Gasteiger partial charge in [0.15, 0.2) is 5.90 Å². The lowest BCUT2D eigenvalue weighted by molar-refractivity contribution is 0.484. The van der Waals surface area contributed by atoms with Crippen molar-refractivity contribution in [2.75, 3.05) is 11.6 Å². The number of hydrogen-bond donors (Lipinski definition) is 0. The molecule has 1 heterocycles. The Labute approximate surface area is 86.3 Å². The van der Waals surface area contributed by atoms with Crippen LogP contribution in [0.3, 0.4) is 0 Å². The number of hydrogen-bond acceptors (Lipinski definition) is 3. The molecular weight excluding hydrogens is 198 g/mol. The molecule has 0 unspecified atom stereocenters. The number of thioether (sulfide) groups is 1. The van der Waals surface area contributed by atoms with E-state index in [4.69, 9.17) is 4.43 Å². The van der Waals surface area contributed by atoms with Gasteiger partial charge in [0.2, 0.25) is 0 Å². The third-order valence-corrected chi connectivity index (χ3v) is 7.86. The van der Waals surface area contributed by atoms with Crippen LogP contribution in [0.25, 0.3) is 0 Å². The summed E-state index contributed by atoms with van der Waals surface area (Å²) in [5, 5.41) is 0.281. The molecule has 0 N–H and O–H groups in total. The summed E-state index contributed by atoms with van der Waals surface area (Å²) in [7, 11) is -1.61. The van der Waals surface area contributed by atoms with Crippen LogP contribution in [0.5, 0.6) is 0 Å². The Kier molecular flexibility index (Phi) is 3.12. The number of aliphatic imine (C=N–C) groups is 1. The number of rotatable bonds is 1. The molecule has 0 fully saturated rings. The standard InChI is InChI=1S/C9H19NOSSi/c1-9(2,3)13(4,5)11-8-6-12-7-10-8/h6-7H2,1-5H3. The van der Waals surface area contributed by atoms with E-state index in [9.17, 15) is 0 Å². The molecule has 76 valence electrons. The second-order valence-corrected chi connectivity index (χ2v) is 10.6. The average Bonchev–Trinajstić information content (AvgIpc) is 2.35. The third kappa shape index (κ3) is 2.74. The molecular formula is C9H19NOSSi. The molecule has 13 heavy (non-hydrogen) atoms. The summed E-state index contributed by atoms with van der Waals surface area (Å²) in [6.45, 7) is 11.3. The first-order valence-corrected chi connectivity index (χ1v) is 8.69. The fourth-order valence-corrected chi connectivity index (χ4v) is 2.59. The van der Waals surface area contributed by atoms with Crippen molar-refractivity contribution in [2.24, 2.45) is 4.99 Å². The minimum absolute atomic E-state index is 0.281. The van der Waals surface area contributed by atoms with Gasteiger partial charge in [-0.05, 0) is 18.1 Å². The second kappa shape index (κ2) is 3.65. The van der Waals surface area contributed by atoms with E-state index in [1.165, 1.54) is 0 Å². The smallest absolute Gasteiger partial charge is 0.252 e. The quantitative estimate of drug-likeness (QED) is 0.629. The van der Waals surface area contributed by atoms with Crippen LogP contribution in [-0.2, 0) is 4.43 Å². The van der Waals surface area contributed by atoms with Crippen LogP contribution in [0, 0.1) is 0 Å². The Hall–Kier alpha value is 0.0369. The molecule has 0 saturated heterocycles. The molecule has 1 rings (SSSR count). The molecule has 1 aliphatic rings. The first-order chi connectivity index (χ1) is 5.83. The molecule has 0 aromatic heterocycles. The van der Waals surface area contributed by atoms with Crippen LogP contribution in [0.2, 0.25) is 18.1 Å². The average molecular weight is 217 g/mol. The van der Waals surface area contributed by atoms with E-state index in [2.05, 4.69) is 38.9 Å². The summed E-state index contributed by atoms with van der Waals surface area (Å²) < 4.78 is 6.03. The van der Waals surface area contributed by atoms with Gasteiger partial charge < -0.3 is 4.43 Å². The zero-order valence-electron chi connectivity index (χ0n) is 9.18. The molecule has 0 aliphatic carbocycles. The zero-order chi connectivity index (χ0) is 10.1. The van der Waals surface area contributed by atoms with Crippen molar-refractivity contribution in [3.63, 3.8) is 0 Å². The molecule has 0 aromatic carbocycles. The highest BCUT2D eigenvalue weighted by Crippen LogP contribution is 2.37. The Balaban J connectivity index is 2.61. The lowest BCUT2D eigenvalue weighted by atomic mass is 10.2. The van der Waals surface area contributed by atoms with Crippen molar-refractivity contribution in [3.8, 4) is 0 Å². The normalized spacial score (nSPS) is 18.7. The van der Waals surface area contributed by atoms with Gasteiger partial charge in [0.05, 0.1) is 11.6 Å². The maximum Gasteiger partial charge on any atom is 0.252 e. The van der Waals surface area contributed by atoms with Crippen LogP contribution in [0.4, 0.5) is 0 Å². The first-order valence-electron chi connectivity index (χ1n) is 4.63. The molecule has 0 saturated carbocycles. The molecule has 0 aromatic rings. The van der Waals surface area contributed by atoms with Crippen LogP contribution >= 0.6 is 11.8 Å². The maximum absolute atomic E-state index is 6.03. The van der Waals surface area contributed by atoms with Crippen molar-refractivity contribution < 1.29 is 4.43 Å². The first kappa shape index (κ1) is 11.1. The van der Waals surface area contributed by atoms with Crippen LogP contribution < -0.4 is 0 Å². The highest BCUT2D eigenvalue weighted by Gasteiger charge is 2.39. The largest absolute Gasteiger partial charge is 0.533 e. The van der Waals surface area contributed by atoms with Gasteiger partial charge >= 0.3 is 0 Å². The summed E-state index contributed by atoms with van der Waals surface area (Å²) in [4.78, 5) is 4.33. The Morgan fingerprint density at radius 2 is 2.00 bits per heavy atom. The van der Waals surface area contributed by atoms with Gasteiger partial charge in [0.1, 0.15) is 0 Å². The van der Waals surface area contributed by atoms with E-state index >= 15 is 0 Å². The minimum atomic E-state index is -1.61. The summed E-state index contributed by atoms with van der Waals surface area (Å²) in [5.41, 5.74) is 0. The summed E-state index contributed by atoms with van der Waals surface area (Å²) >= 11 is 1.83. The maximum atomic E-state index is 6.03. The van der Waals surface area contributed by atoms with Crippen molar-refractivity contribution in [1.29, 1.82) is 0 Å². The Morgan fingerprint density at radius 1 is 1.38 bits per heavy atom. The molecule has 0 atom stereocenters. The highest BCUT2D eigenvalue weighted by molar-refractivity contribution is 8.00. The third-order valence-electron chi connectivity index (χ3n) is 2.74. The van der Waals surface area contributed by atoms with Gasteiger partial charge in [-0.25, -0.2) is 4.99 Å². The monoisotopic (exact) mass is 217 g/mol. The lowest BCUT2D eigenvalue weighted by Crippen LogP contribution is -2.42. The molecule has 0 bridgehead atoms. The van der Waals surface area contributed by atoms with E-state index in [-0.39, 0.29) is 5.04 Å². The van der Waals surface area contributed by atoms with E-state index < -0.39 is 8.32 Å². The van der Waals surface area contributed by atoms with Gasteiger partial charge in [-0.15, -0.1) is 11.8 Å². The molecule has 1 aliphatic heterocycles. The van der Waals surface area contributed by atoms with Crippen molar-refractivity contribution in [1.82, 2.24) is 0 Å². The van der Waals surface area contributed by atoms with Crippen molar-refractivity contribution >= 4 is 26.0 Å². The zero-order valence-corrected chi connectivity index (χ0v) is 11.0. The van der Waals surface area contributed by atoms with Gasteiger partial charge in [0, 0.05) is 0 Å². The molecule has 0 radical (unpaired) electrons. The topological polar surface area (TPSA) is 21.6 Å². The molecule has 0 amide bonds. The van der Waals surface area contributed by atoms with Gasteiger partial charge in [-0.3, -0.25) is 0 Å². The van der Waals surface area contributed by atoms with E-state index in [0.29, 0.717) is 0 Å². The minimum Gasteiger partial charge on any atom is -0.533 e. The molecule has 0 spiro atoms. The number of nitrogens with zero attached hydrogens (tertiary/aromatic N) is 1. The van der Waals surface area contributed by atoms with Gasteiger partial charge in [0.25, 0.3) is 8.32 Å². The fourth-order valence-electron chi connectivity index (χ4n) is 0.806. The van der Waals surface area contributed by atoms with Crippen LogP contribution in [0.1, 0.15) is 20.8 Å². The molecule has 4 heteroatoms.